The smallest absolute Gasteiger partial charge is 0.0568 e. The summed E-state index contributed by atoms with van der Waals surface area (Å²) in [5.41, 5.74) is 4.44. The maximum Gasteiger partial charge on any atom is 0.0568 e. The van der Waals surface area contributed by atoms with Crippen molar-refractivity contribution in [3.8, 4) is 0 Å². The van der Waals surface area contributed by atoms with Crippen LogP contribution in [0.25, 0.3) is 0 Å². The first kappa shape index (κ1) is 21.2. The van der Waals surface area contributed by atoms with Gasteiger partial charge in [0.2, 0.25) is 0 Å². The number of hydrogen-bond acceptors (Lipinski definition) is 2. The molecule has 22 heavy (non-hydrogen) atoms. The van der Waals surface area contributed by atoms with Gasteiger partial charge in [-0.25, -0.2) is 0 Å². The van der Waals surface area contributed by atoms with Gasteiger partial charge in [-0.1, -0.05) is 51.8 Å². The summed E-state index contributed by atoms with van der Waals surface area (Å²) >= 11 is 0. The van der Waals surface area contributed by atoms with Gasteiger partial charge < -0.3 is 10.4 Å². The van der Waals surface area contributed by atoms with Gasteiger partial charge in [0, 0.05) is 12.2 Å². The van der Waals surface area contributed by atoms with E-state index >= 15 is 0 Å². The van der Waals surface area contributed by atoms with Gasteiger partial charge in [0.15, 0.2) is 0 Å². The molecule has 2 N–H and O–H groups in total. The first-order chi connectivity index (χ1) is 10.1. The average Bonchev–Trinajstić information content (AvgIpc) is 2.41. The zero-order valence-electron chi connectivity index (χ0n) is 15.9. The lowest BCUT2D eigenvalue weighted by atomic mass is 9.95. The Morgan fingerprint density at radius 2 is 1.77 bits per heavy atom. The van der Waals surface area contributed by atoms with Gasteiger partial charge in [-0.2, -0.15) is 0 Å². The third-order valence-corrected chi connectivity index (χ3v) is 4.00. The molecule has 0 aromatic carbocycles. The van der Waals surface area contributed by atoms with Gasteiger partial charge in [0.05, 0.1) is 6.10 Å². The van der Waals surface area contributed by atoms with E-state index in [-0.39, 0.29) is 12.0 Å². The fourth-order valence-electron chi connectivity index (χ4n) is 2.14. The number of nitrogens with one attached hydrogen (secondary N) is 1. The lowest BCUT2D eigenvalue weighted by Gasteiger charge is -2.22. The van der Waals surface area contributed by atoms with Crippen LogP contribution in [0.2, 0.25) is 0 Å². The number of aliphatic hydroxyl groups is 1. The molecular weight excluding hydrogens is 270 g/mol. The number of hydrogen-bond donors (Lipinski definition) is 2. The first-order valence-corrected chi connectivity index (χ1v) is 8.60. The van der Waals surface area contributed by atoms with E-state index in [1.807, 2.05) is 0 Å². The topological polar surface area (TPSA) is 32.3 Å². The molecule has 2 unspecified atom stereocenters. The second kappa shape index (κ2) is 10.1. The largest absolute Gasteiger partial charge is 0.393 e. The Bertz CT molecular complexity index is 370. The van der Waals surface area contributed by atoms with Gasteiger partial charge >= 0.3 is 0 Å². The highest BCUT2D eigenvalue weighted by atomic mass is 16.3. The van der Waals surface area contributed by atoms with Crippen LogP contribution in [0.1, 0.15) is 74.1 Å². The maximum absolute atomic E-state index is 9.77. The highest BCUT2D eigenvalue weighted by Gasteiger charge is 2.12. The van der Waals surface area contributed by atoms with E-state index < -0.39 is 0 Å². The molecule has 129 valence electrons. The number of allylic oxidation sites excluding steroid dienone is 4. The van der Waals surface area contributed by atoms with Gasteiger partial charge in [-0.15, -0.1) is 0 Å². The molecule has 0 aliphatic carbocycles. The third-order valence-electron chi connectivity index (χ3n) is 4.00. The molecule has 0 fully saturated rings. The van der Waals surface area contributed by atoms with Crippen LogP contribution < -0.4 is 5.32 Å². The molecule has 0 rings (SSSR count). The van der Waals surface area contributed by atoms with Crippen LogP contribution >= 0.6 is 0 Å². The van der Waals surface area contributed by atoms with E-state index in [0.29, 0.717) is 11.8 Å². The summed E-state index contributed by atoms with van der Waals surface area (Å²) in [5, 5.41) is 13.4. The number of aliphatic hydroxyl groups excluding tert-OH is 1. The van der Waals surface area contributed by atoms with Gasteiger partial charge in [0.1, 0.15) is 0 Å². The summed E-state index contributed by atoms with van der Waals surface area (Å²) in [6, 6.07) is 0. The molecule has 2 heteroatoms. The molecule has 1 radical (unpaired) electrons. The van der Waals surface area contributed by atoms with Crippen molar-refractivity contribution in [3.05, 3.63) is 29.8 Å². The van der Waals surface area contributed by atoms with Gasteiger partial charge in [-0.3, -0.25) is 0 Å². The van der Waals surface area contributed by atoms with Crippen molar-refractivity contribution in [1.29, 1.82) is 0 Å². The molecule has 2 nitrogen and oxygen atoms in total. The van der Waals surface area contributed by atoms with Crippen molar-refractivity contribution < 1.29 is 5.11 Å². The Labute approximate surface area is 139 Å². The Morgan fingerprint density at radius 3 is 2.23 bits per heavy atom. The second-order valence-electron chi connectivity index (χ2n) is 8.01. The lowest BCUT2D eigenvalue weighted by Crippen LogP contribution is -2.27. The molecule has 0 amide bonds. The van der Waals surface area contributed by atoms with Crippen LogP contribution in [0.3, 0.4) is 0 Å². The molecule has 0 aliphatic heterocycles. The quantitative estimate of drug-likeness (QED) is 0.570. The lowest BCUT2D eigenvalue weighted by molar-refractivity contribution is 0.120. The molecule has 0 saturated carbocycles. The predicted octanol–water partition coefficient (Wildman–Crippen LogP) is 5.25. The summed E-state index contributed by atoms with van der Waals surface area (Å²) in [6.45, 7) is 20.2. The van der Waals surface area contributed by atoms with Crippen LogP contribution in [0, 0.1) is 18.3 Å². The summed E-state index contributed by atoms with van der Waals surface area (Å²) in [5.74, 6) is 0.286. The van der Waals surface area contributed by atoms with Crippen LogP contribution in [0.5, 0.6) is 0 Å². The van der Waals surface area contributed by atoms with Crippen molar-refractivity contribution in [1.82, 2.24) is 5.32 Å². The Morgan fingerprint density at radius 1 is 1.18 bits per heavy atom. The Kier molecular flexibility index (Phi) is 9.75. The van der Waals surface area contributed by atoms with Crippen LogP contribution in [-0.4, -0.2) is 17.8 Å². The van der Waals surface area contributed by atoms with Crippen LogP contribution in [-0.2, 0) is 0 Å². The molecule has 0 heterocycles. The molecule has 0 aliphatic rings. The van der Waals surface area contributed by atoms with E-state index in [2.05, 4.69) is 66.8 Å². The van der Waals surface area contributed by atoms with Crippen LogP contribution in [0.15, 0.2) is 22.9 Å². The fraction of sp³-hybridized carbons (Fsp3) is 0.750. The summed E-state index contributed by atoms with van der Waals surface area (Å²) in [7, 11) is 0. The van der Waals surface area contributed by atoms with Crippen molar-refractivity contribution in [3.63, 3.8) is 0 Å². The fourth-order valence-corrected chi connectivity index (χ4v) is 2.14. The second-order valence-corrected chi connectivity index (χ2v) is 8.01. The minimum atomic E-state index is -0.286. The summed E-state index contributed by atoms with van der Waals surface area (Å²) in [6.07, 6.45) is 5.65. The normalized spacial score (nSPS) is 15.4. The van der Waals surface area contributed by atoms with E-state index in [1.54, 1.807) is 0 Å². The van der Waals surface area contributed by atoms with E-state index in [4.69, 9.17) is 0 Å². The average molecular weight is 309 g/mol. The van der Waals surface area contributed by atoms with Gasteiger partial charge in [-0.05, 0) is 57.8 Å². The van der Waals surface area contributed by atoms with Gasteiger partial charge in [0.25, 0.3) is 0 Å². The summed E-state index contributed by atoms with van der Waals surface area (Å²) in [4.78, 5) is 0. The molecule has 0 spiro atoms. The van der Waals surface area contributed by atoms with Crippen molar-refractivity contribution in [2.45, 2.75) is 80.3 Å². The van der Waals surface area contributed by atoms with Crippen LogP contribution in [0.4, 0.5) is 0 Å². The first-order valence-electron chi connectivity index (χ1n) is 8.60. The van der Waals surface area contributed by atoms with Crippen molar-refractivity contribution >= 4 is 0 Å². The molecule has 0 aromatic heterocycles. The van der Waals surface area contributed by atoms with Crippen molar-refractivity contribution in [2.75, 3.05) is 6.54 Å². The number of rotatable bonds is 9. The standard InChI is InChI=1S/C20H38NO/c1-9-19(22)17(5)12-10-16(4)11-13-18(15(2)3)21-14-20(6,7)8/h10,17,19,21-22H,1,9,11-14H2,2-8H3. The molecule has 0 saturated heterocycles. The van der Waals surface area contributed by atoms with Crippen molar-refractivity contribution in [2.24, 2.45) is 11.3 Å². The van der Waals surface area contributed by atoms with E-state index in [9.17, 15) is 5.11 Å². The SMILES string of the molecule is [CH2]CC(O)C(C)CC=C(C)CCC(NCC(C)(C)C)=C(C)C. The van der Waals surface area contributed by atoms with E-state index in [0.717, 1.165) is 25.8 Å². The monoisotopic (exact) mass is 308 g/mol. The maximum atomic E-state index is 9.77. The Hall–Kier alpha value is -0.760. The molecule has 0 bridgehead atoms. The minimum absolute atomic E-state index is 0.286. The highest BCUT2D eigenvalue weighted by Crippen LogP contribution is 2.18. The zero-order valence-corrected chi connectivity index (χ0v) is 15.9. The predicted molar refractivity (Wildman–Crippen MR) is 98.6 cm³/mol. The molecular formula is C20H38NO. The zero-order chi connectivity index (χ0) is 17.3. The third kappa shape index (κ3) is 10.0. The summed E-state index contributed by atoms with van der Waals surface area (Å²) < 4.78 is 0. The minimum Gasteiger partial charge on any atom is -0.393 e. The molecule has 2 atom stereocenters. The Balaban J connectivity index is 4.40. The molecule has 0 aromatic rings. The highest BCUT2D eigenvalue weighted by molar-refractivity contribution is 5.11. The van der Waals surface area contributed by atoms with E-state index in [1.165, 1.54) is 16.8 Å².